The van der Waals surface area contributed by atoms with E-state index in [1.165, 1.54) is 17.7 Å². The molecule has 208 valence electrons. The zero-order valence-electron chi connectivity index (χ0n) is 22.3. The minimum atomic E-state index is -0.905. The lowest BCUT2D eigenvalue weighted by Gasteiger charge is -2.61. The predicted octanol–water partition coefficient (Wildman–Crippen LogP) is 4.75. The number of rotatable bonds is 1. The van der Waals surface area contributed by atoms with Gasteiger partial charge >= 0.3 is 0 Å². The summed E-state index contributed by atoms with van der Waals surface area (Å²) in [6.45, 7) is 5.30. The molecule has 0 radical (unpaired) electrons. The van der Waals surface area contributed by atoms with Crippen molar-refractivity contribution in [2.75, 3.05) is 20.2 Å². The Morgan fingerprint density at radius 3 is 2.62 bits per heavy atom. The SMILES string of the molecule is C[C@]12Cc3cnn(-c4cc(F)cc(F)c4)c3C=C1CC[C@@H]1[C@@H]2[C@@H](O)C[C@@]2(C)[C@H]1CC[C@@]21OCO[C@@]12COCO2. The molecule has 39 heavy (non-hydrogen) atoms. The summed E-state index contributed by atoms with van der Waals surface area (Å²) >= 11 is 0. The highest BCUT2D eigenvalue weighted by molar-refractivity contribution is 5.61. The number of hydrogen-bond acceptors (Lipinski definition) is 6. The molecule has 2 saturated heterocycles. The van der Waals surface area contributed by atoms with Crippen LogP contribution in [0.25, 0.3) is 11.8 Å². The van der Waals surface area contributed by atoms with E-state index in [1.54, 1.807) is 4.68 Å². The van der Waals surface area contributed by atoms with Crippen molar-refractivity contribution in [3.05, 3.63) is 52.9 Å². The molecular weight excluding hydrogens is 506 g/mol. The number of benzene rings is 1. The average Bonchev–Trinajstić information content (AvgIpc) is 3.65. The van der Waals surface area contributed by atoms with Crippen LogP contribution < -0.4 is 0 Å². The van der Waals surface area contributed by atoms with Gasteiger partial charge in [0.25, 0.3) is 0 Å². The molecular formula is C30H34F2N2O5. The average molecular weight is 541 g/mol. The molecule has 2 aromatic rings. The smallest absolute Gasteiger partial charge is 0.226 e. The van der Waals surface area contributed by atoms with Gasteiger partial charge in [-0.05, 0) is 85.5 Å². The second-order valence-corrected chi connectivity index (χ2v) is 13.0. The molecule has 8 rings (SSSR count). The van der Waals surface area contributed by atoms with Crippen LogP contribution in [0.2, 0.25) is 0 Å². The van der Waals surface area contributed by atoms with E-state index in [1.807, 2.05) is 6.20 Å². The summed E-state index contributed by atoms with van der Waals surface area (Å²) in [6, 6.07) is 3.49. The highest BCUT2D eigenvalue weighted by Gasteiger charge is 2.76. The Labute approximate surface area is 226 Å². The highest BCUT2D eigenvalue weighted by atomic mass is 19.1. The number of ether oxygens (including phenoxy) is 4. The van der Waals surface area contributed by atoms with Crippen molar-refractivity contribution >= 4 is 6.08 Å². The fraction of sp³-hybridized carbons (Fsp3) is 0.633. The summed E-state index contributed by atoms with van der Waals surface area (Å²) in [6.07, 6.45) is 8.53. The number of fused-ring (bicyclic) bond motifs is 8. The first-order chi connectivity index (χ1) is 18.7. The molecule has 9 heteroatoms. The largest absolute Gasteiger partial charge is 0.393 e. The lowest BCUT2D eigenvalue weighted by molar-refractivity contribution is -0.257. The van der Waals surface area contributed by atoms with Gasteiger partial charge in [-0.3, -0.25) is 0 Å². The van der Waals surface area contributed by atoms with Crippen molar-refractivity contribution < 1.29 is 32.8 Å². The second-order valence-electron chi connectivity index (χ2n) is 13.0. The molecule has 0 bridgehead atoms. The Hall–Kier alpha value is -2.17. The summed E-state index contributed by atoms with van der Waals surface area (Å²) < 4.78 is 54.0. The Kier molecular flexibility index (Phi) is 5.03. The summed E-state index contributed by atoms with van der Waals surface area (Å²) in [7, 11) is 0. The molecule has 1 N–H and O–H groups in total. The number of aromatic nitrogens is 2. The third-order valence-corrected chi connectivity index (χ3v) is 11.5. The lowest BCUT2D eigenvalue weighted by atomic mass is 9.45. The summed E-state index contributed by atoms with van der Waals surface area (Å²) in [4.78, 5) is 0. The zero-order valence-corrected chi connectivity index (χ0v) is 22.3. The van der Waals surface area contributed by atoms with Crippen LogP contribution in [0.15, 0.2) is 30.0 Å². The second kappa shape index (κ2) is 7.97. The van der Waals surface area contributed by atoms with Crippen LogP contribution in [0, 0.1) is 40.2 Å². The molecule has 4 aliphatic carbocycles. The number of hydrogen-bond donors (Lipinski definition) is 1. The molecule has 1 aromatic carbocycles. The molecule has 0 amide bonds. The minimum Gasteiger partial charge on any atom is -0.393 e. The van der Waals surface area contributed by atoms with Crippen LogP contribution in [-0.4, -0.2) is 52.6 Å². The molecule has 2 aliphatic heterocycles. The maximum atomic E-state index is 14.0. The van der Waals surface area contributed by atoms with Gasteiger partial charge in [0.05, 0.1) is 23.7 Å². The normalized spacial score (nSPS) is 44.3. The van der Waals surface area contributed by atoms with Gasteiger partial charge in [-0.2, -0.15) is 5.10 Å². The quantitative estimate of drug-likeness (QED) is 0.563. The Balaban J connectivity index is 1.16. The number of allylic oxidation sites excluding steroid dienone is 1. The van der Waals surface area contributed by atoms with E-state index in [0.717, 1.165) is 49.4 Å². The first-order valence-corrected chi connectivity index (χ1v) is 14.1. The van der Waals surface area contributed by atoms with Crippen LogP contribution >= 0.6 is 0 Å². The van der Waals surface area contributed by atoms with Gasteiger partial charge in [0.1, 0.15) is 23.8 Å². The van der Waals surface area contributed by atoms with E-state index in [2.05, 4.69) is 25.0 Å². The molecule has 8 atom stereocenters. The zero-order chi connectivity index (χ0) is 26.8. The first-order valence-electron chi connectivity index (χ1n) is 14.1. The topological polar surface area (TPSA) is 75.0 Å². The van der Waals surface area contributed by atoms with E-state index in [4.69, 9.17) is 18.9 Å². The summed E-state index contributed by atoms with van der Waals surface area (Å²) in [5.74, 6) is -1.37. The first kappa shape index (κ1) is 24.6. The third-order valence-electron chi connectivity index (χ3n) is 11.5. The van der Waals surface area contributed by atoms with Crippen molar-refractivity contribution in [2.45, 2.75) is 69.9 Å². The van der Waals surface area contributed by atoms with Crippen LogP contribution in [0.4, 0.5) is 8.78 Å². The van der Waals surface area contributed by atoms with Gasteiger partial charge in [0.15, 0.2) is 13.6 Å². The number of aliphatic hydroxyl groups excluding tert-OH is 1. The number of nitrogens with zero attached hydrogens (tertiary/aromatic N) is 2. The van der Waals surface area contributed by atoms with E-state index in [9.17, 15) is 13.9 Å². The van der Waals surface area contributed by atoms with Crippen molar-refractivity contribution in [3.63, 3.8) is 0 Å². The maximum Gasteiger partial charge on any atom is 0.226 e. The Morgan fingerprint density at radius 1 is 1.05 bits per heavy atom. The fourth-order valence-electron chi connectivity index (χ4n) is 10.0. The van der Waals surface area contributed by atoms with Crippen molar-refractivity contribution in [1.82, 2.24) is 9.78 Å². The van der Waals surface area contributed by atoms with Crippen LogP contribution in [-0.2, 0) is 25.4 Å². The molecule has 5 fully saturated rings. The standard InChI is InChI=1S/C30H34F2N2O5/c1-27-11-17-13-33-34(21-9-19(31)8-20(32)10-21)24(17)7-18(27)3-4-22-23-5-6-29(28(23,2)12-25(35)26(22)27)30(39-16-37-29)14-36-15-38-30/h7-10,13,22-23,25-26,35H,3-6,11-12,14-16H2,1-2H3/t22-,23-,25-,26+,27-,28-,29+,30-/m0/s1. The molecule has 0 unspecified atom stereocenters. The number of halogens is 2. The summed E-state index contributed by atoms with van der Waals surface area (Å²) in [5, 5.41) is 16.5. The van der Waals surface area contributed by atoms with Gasteiger partial charge in [-0.1, -0.05) is 19.4 Å². The van der Waals surface area contributed by atoms with Crippen molar-refractivity contribution in [2.24, 2.45) is 28.6 Å². The minimum absolute atomic E-state index is 0.0906. The van der Waals surface area contributed by atoms with E-state index < -0.39 is 29.1 Å². The molecule has 6 aliphatic rings. The molecule has 1 aromatic heterocycles. The monoisotopic (exact) mass is 540 g/mol. The van der Waals surface area contributed by atoms with Crippen LogP contribution in [0.5, 0.6) is 0 Å². The number of aliphatic hydroxyl groups is 1. The molecule has 7 nitrogen and oxygen atoms in total. The van der Waals surface area contributed by atoms with E-state index in [0.29, 0.717) is 30.6 Å². The van der Waals surface area contributed by atoms with E-state index >= 15 is 0 Å². The highest BCUT2D eigenvalue weighted by Crippen LogP contribution is 2.71. The van der Waals surface area contributed by atoms with Gasteiger partial charge in [-0.15, -0.1) is 0 Å². The Bertz CT molecular complexity index is 1360. The molecule has 3 saturated carbocycles. The maximum absolute atomic E-state index is 14.0. The molecule has 2 spiro atoms. The van der Waals surface area contributed by atoms with Crippen LogP contribution in [0.3, 0.4) is 0 Å². The van der Waals surface area contributed by atoms with Crippen LogP contribution in [0.1, 0.15) is 57.2 Å². The van der Waals surface area contributed by atoms with Gasteiger partial charge in [0.2, 0.25) is 5.79 Å². The lowest BCUT2D eigenvalue weighted by Crippen LogP contribution is -2.66. The summed E-state index contributed by atoms with van der Waals surface area (Å²) in [5.41, 5.74) is 2.40. The van der Waals surface area contributed by atoms with E-state index in [-0.39, 0.29) is 30.3 Å². The molecule has 3 heterocycles. The van der Waals surface area contributed by atoms with Gasteiger partial charge in [-0.25, -0.2) is 13.5 Å². The van der Waals surface area contributed by atoms with Gasteiger partial charge < -0.3 is 24.1 Å². The van der Waals surface area contributed by atoms with Gasteiger partial charge in [0, 0.05) is 11.5 Å². The third kappa shape index (κ3) is 3.00. The van der Waals surface area contributed by atoms with Crippen molar-refractivity contribution in [3.8, 4) is 5.69 Å². The predicted molar refractivity (Wildman–Crippen MR) is 135 cm³/mol. The van der Waals surface area contributed by atoms with Crippen molar-refractivity contribution in [1.29, 1.82) is 0 Å². The Morgan fingerprint density at radius 2 is 1.85 bits per heavy atom. The fourth-order valence-corrected chi connectivity index (χ4v) is 10.0.